The number of fused-ring (bicyclic) bond motifs is 1. The molecule has 0 aliphatic carbocycles. The molecule has 0 aromatic carbocycles. The number of hydrogen-bond donors (Lipinski definition) is 3. The van der Waals surface area contributed by atoms with Gasteiger partial charge in [0.1, 0.15) is 11.3 Å². The van der Waals surface area contributed by atoms with Crippen LogP contribution in [0.5, 0.6) is 0 Å². The summed E-state index contributed by atoms with van der Waals surface area (Å²) >= 11 is 0. The van der Waals surface area contributed by atoms with Crippen LogP contribution in [0.1, 0.15) is 43.8 Å². The molecule has 0 amide bonds. The Morgan fingerprint density at radius 2 is 1.83 bits per heavy atom. The number of rotatable bonds is 7. The molecule has 2 aromatic heterocycles. The Kier molecular flexibility index (Phi) is 5.26. The van der Waals surface area contributed by atoms with Gasteiger partial charge in [-0.2, -0.15) is 0 Å². The van der Waals surface area contributed by atoms with Gasteiger partial charge in [0.2, 0.25) is 0 Å². The van der Waals surface area contributed by atoms with E-state index in [0.717, 1.165) is 47.4 Å². The molecule has 6 heteroatoms. The maximum absolute atomic E-state index is 9.67. The molecule has 0 aliphatic rings. The number of unbranched alkanes of at least 4 members (excludes halogenated alkanes) is 1. The van der Waals surface area contributed by atoms with Crippen molar-refractivity contribution in [1.29, 1.82) is 0 Å². The van der Waals surface area contributed by atoms with E-state index in [-0.39, 0.29) is 13.2 Å². The number of aliphatic hydroxyl groups excluding tert-OH is 2. The molecule has 0 aliphatic heterocycles. The van der Waals surface area contributed by atoms with Crippen LogP contribution >= 0.6 is 0 Å². The van der Waals surface area contributed by atoms with Crippen LogP contribution < -0.4 is 5.73 Å². The normalized spacial score (nSPS) is 12.3. The smallest absolute Gasteiger partial charge is 0.151 e. The van der Waals surface area contributed by atoms with Gasteiger partial charge < -0.3 is 20.5 Å². The predicted octanol–water partition coefficient (Wildman–Crippen LogP) is 1.96. The van der Waals surface area contributed by atoms with Crippen LogP contribution in [-0.2, 0) is 13.0 Å². The van der Waals surface area contributed by atoms with Crippen molar-refractivity contribution in [3.05, 3.63) is 17.1 Å². The van der Waals surface area contributed by atoms with Gasteiger partial charge in [0, 0.05) is 24.1 Å². The summed E-state index contributed by atoms with van der Waals surface area (Å²) in [4.78, 5) is 9.09. The number of nitrogens with two attached hydrogens (primary N) is 1. The molecule has 0 spiro atoms. The fraction of sp³-hybridized carbons (Fsp3) is 0.647. The van der Waals surface area contributed by atoms with Crippen LogP contribution in [-0.4, -0.2) is 38.0 Å². The minimum Gasteiger partial charge on any atom is -0.396 e. The van der Waals surface area contributed by atoms with Gasteiger partial charge in [0.25, 0.3) is 0 Å². The van der Waals surface area contributed by atoms with E-state index in [1.54, 1.807) is 0 Å². The van der Waals surface area contributed by atoms with Crippen molar-refractivity contribution in [3.8, 4) is 0 Å². The van der Waals surface area contributed by atoms with E-state index in [0.29, 0.717) is 12.4 Å². The topological polar surface area (TPSA) is 97.2 Å². The summed E-state index contributed by atoms with van der Waals surface area (Å²) in [6, 6.07) is 0. The summed E-state index contributed by atoms with van der Waals surface area (Å²) in [7, 11) is 0. The molecule has 0 saturated heterocycles. The molecule has 4 N–H and O–H groups in total. The predicted molar refractivity (Wildman–Crippen MR) is 92.3 cm³/mol. The van der Waals surface area contributed by atoms with Crippen LogP contribution in [0, 0.1) is 19.3 Å². The molecule has 23 heavy (non-hydrogen) atoms. The number of imidazole rings is 1. The molecular weight excluding hydrogens is 292 g/mol. The third-order valence-electron chi connectivity index (χ3n) is 4.53. The van der Waals surface area contributed by atoms with Gasteiger partial charge in [0.05, 0.1) is 18.7 Å². The molecule has 2 aromatic rings. The highest BCUT2D eigenvalue weighted by Gasteiger charge is 2.27. The van der Waals surface area contributed by atoms with Crippen molar-refractivity contribution < 1.29 is 10.2 Å². The Balaban J connectivity index is 2.66. The van der Waals surface area contributed by atoms with Crippen LogP contribution in [0.25, 0.3) is 11.0 Å². The van der Waals surface area contributed by atoms with E-state index in [1.807, 2.05) is 20.8 Å². The van der Waals surface area contributed by atoms with Crippen molar-refractivity contribution in [1.82, 2.24) is 14.5 Å². The monoisotopic (exact) mass is 320 g/mol. The van der Waals surface area contributed by atoms with Crippen molar-refractivity contribution in [3.63, 3.8) is 0 Å². The Morgan fingerprint density at radius 1 is 1.17 bits per heavy atom. The van der Waals surface area contributed by atoms with Crippen molar-refractivity contribution in [2.45, 2.75) is 53.5 Å². The van der Waals surface area contributed by atoms with Gasteiger partial charge in [-0.1, -0.05) is 20.3 Å². The van der Waals surface area contributed by atoms with Gasteiger partial charge in [0.15, 0.2) is 5.82 Å². The molecule has 2 heterocycles. The Hall–Kier alpha value is -1.66. The molecule has 0 fully saturated rings. The summed E-state index contributed by atoms with van der Waals surface area (Å²) in [5, 5.41) is 19.3. The maximum atomic E-state index is 9.67. The van der Waals surface area contributed by atoms with Crippen LogP contribution in [0.15, 0.2) is 0 Å². The van der Waals surface area contributed by atoms with E-state index in [1.165, 1.54) is 0 Å². The SMILES string of the molecule is CCCCc1nc2c(N)nc(C)c(C)c2n1CC(C)(CO)CO. The fourth-order valence-electron chi connectivity index (χ4n) is 2.77. The van der Waals surface area contributed by atoms with E-state index in [9.17, 15) is 10.2 Å². The van der Waals surface area contributed by atoms with Crippen molar-refractivity contribution in [2.75, 3.05) is 18.9 Å². The summed E-state index contributed by atoms with van der Waals surface area (Å²) < 4.78 is 2.11. The van der Waals surface area contributed by atoms with E-state index < -0.39 is 5.41 Å². The van der Waals surface area contributed by atoms with Crippen molar-refractivity contribution in [2.24, 2.45) is 5.41 Å². The summed E-state index contributed by atoms with van der Waals surface area (Å²) in [6.45, 7) is 8.29. The zero-order chi connectivity index (χ0) is 17.2. The van der Waals surface area contributed by atoms with E-state index >= 15 is 0 Å². The minimum absolute atomic E-state index is 0.0883. The quantitative estimate of drug-likeness (QED) is 0.724. The lowest BCUT2D eigenvalue weighted by Gasteiger charge is -2.27. The second-order valence-corrected chi connectivity index (χ2v) is 6.75. The third kappa shape index (κ3) is 3.33. The summed E-state index contributed by atoms with van der Waals surface area (Å²) in [5.41, 5.74) is 9.09. The maximum Gasteiger partial charge on any atom is 0.151 e. The average Bonchev–Trinajstić information content (AvgIpc) is 2.89. The van der Waals surface area contributed by atoms with Gasteiger partial charge in [-0.15, -0.1) is 0 Å². The number of hydrogen-bond acceptors (Lipinski definition) is 5. The summed E-state index contributed by atoms with van der Waals surface area (Å²) in [6.07, 6.45) is 2.95. The Labute approximate surface area is 137 Å². The highest BCUT2D eigenvalue weighted by molar-refractivity contribution is 5.88. The lowest BCUT2D eigenvalue weighted by atomic mass is 9.92. The molecule has 128 valence electrons. The van der Waals surface area contributed by atoms with Crippen LogP contribution in [0.4, 0.5) is 5.82 Å². The standard InChI is InChI=1S/C17H28N4O2/c1-5-6-7-13-20-14-15(11(2)12(3)19-16(14)18)21(13)8-17(4,9-22)10-23/h22-23H,5-10H2,1-4H3,(H2,18,19). The fourth-order valence-corrected chi connectivity index (χ4v) is 2.77. The molecule has 0 atom stereocenters. The Bertz CT molecular complexity index is 690. The molecule has 0 radical (unpaired) electrons. The highest BCUT2D eigenvalue weighted by atomic mass is 16.3. The lowest BCUT2D eigenvalue weighted by Crippen LogP contribution is -2.32. The van der Waals surface area contributed by atoms with Gasteiger partial charge in [-0.05, 0) is 25.8 Å². The number of aliphatic hydroxyl groups is 2. The summed E-state index contributed by atoms with van der Waals surface area (Å²) in [5.74, 6) is 1.38. The highest BCUT2D eigenvalue weighted by Crippen LogP contribution is 2.29. The largest absolute Gasteiger partial charge is 0.396 e. The number of pyridine rings is 1. The third-order valence-corrected chi connectivity index (χ3v) is 4.53. The first-order chi connectivity index (χ1) is 10.9. The zero-order valence-corrected chi connectivity index (χ0v) is 14.6. The van der Waals surface area contributed by atoms with Crippen LogP contribution in [0.3, 0.4) is 0 Å². The first-order valence-corrected chi connectivity index (χ1v) is 8.20. The number of nitrogens with zero attached hydrogens (tertiary/aromatic N) is 3. The molecule has 0 unspecified atom stereocenters. The molecular formula is C17H28N4O2. The molecule has 6 nitrogen and oxygen atoms in total. The number of aryl methyl sites for hydroxylation is 3. The van der Waals surface area contributed by atoms with Gasteiger partial charge >= 0.3 is 0 Å². The number of nitrogen functional groups attached to an aromatic ring is 1. The first-order valence-electron chi connectivity index (χ1n) is 8.20. The van der Waals surface area contributed by atoms with Gasteiger partial charge in [-0.25, -0.2) is 9.97 Å². The number of anilines is 1. The molecule has 0 bridgehead atoms. The molecule has 2 rings (SSSR count). The van der Waals surface area contributed by atoms with Crippen molar-refractivity contribution >= 4 is 16.9 Å². The molecule has 0 saturated carbocycles. The minimum atomic E-state index is -0.604. The first kappa shape index (κ1) is 17.7. The average molecular weight is 320 g/mol. The van der Waals surface area contributed by atoms with E-state index in [2.05, 4.69) is 16.5 Å². The number of aromatic nitrogens is 3. The lowest BCUT2D eigenvalue weighted by molar-refractivity contribution is 0.0557. The second kappa shape index (κ2) is 6.84. The van der Waals surface area contributed by atoms with E-state index in [4.69, 9.17) is 10.7 Å². The van der Waals surface area contributed by atoms with Crippen LogP contribution in [0.2, 0.25) is 0 Å². The van der Waals surface area contributed by atoms with Gasteiger partial charge in [-0.3, -0.25) is 0 Å². The zero-order valence-electron chi connectivity index (χ0n) is 14.6. The second-order valence-electron chi connectivity index (χ2n) is 6.75. The Morgan fingerprint density at radius 3 is 2.39 bits per heavy atom.